The number of anilines is 1. The fraction of sp³-hybridized carbons (Fsp3) is 0.148. The first-order chi connectivity index (χ1) is 17.4. The SMILES string of the molecule is Cc1noc(C)c1-c1ccc2nc(C(=O)Cc3ccc(Cl)nc3)nc(NCc3cccc(Cl)c3)c2c1. The second kappa shape index (κ2) is 10.0. The zero-order valence-electron chi connectivity index (χ0n) is 19.5. The molecule has 0 atom stereocenters. The number of rotatable bonds is 7. The fourth-order valence-corrected chi connectivity index (χ4v) is 4.37. The Hall–Kier alpha value is -3.81. The number of Topliss-reactive ketones (excluding diaryl/α,β-unsaturated/α-hetero) is 1. The minimum absolute atomic E-state index is 0.112. The van der Waals surface area contributed by atoms with Crippen molar-refractivity contribution in [1.29, 1.82) is 0 Å². The molecule has 0 amide bonds. The van der Waals surface area contributed by atoms with Gasteiger partial charge in [-0.2, -0.15) is 0 Å². The van der Waals surface area contributed by atoms with Crippen LogP contribution in [0, 0.1) is 13.8 Å². The van der Waals surface area contributed by atoms with E-state index < -0.39 is 0 Å². The number of nitrogens with one attached hydrogen (secondary N) is 1. The molecule has 7 nitrogen and oxygen atoms in total. The van der Waals surface area contributed by atoms with Crippen molar-refractivity contribution in [2.45, 2.75) is 26.8 Å². The number of pyridine rings is 1. The van der Waals surface area contributed by atoms with Crippen LogP contribution in [0.2, 0.25) is 10.2 Å². The molecule has 0 fully saturated rings. The van der Waals surface area contributed by atoms with E-state index in [1.54, 1.807) is 18.3 Å². The minimum Gasteiger partial charge on any atom is -0.365 e. The van der Waals surface area contributed by atoms with Gasteiger partial charge < -0.3 is 9.84 Å². The third-order valence-electron chi connectivity index (χ3n) is 5.77. The Balaban J connectivity index is 1.55. The zero-order valence-corrected chi connectivity index (χ0v) is 21.1. The minimum atomic E-state index is -0.221. The van der Waals surface area contributed by atoms with Crippen LogP contribution in [0.4, 0.5) is 5.82 Å². The Kier molecular flexibility index (Phi) is 6.67. The summed E-state index contributed by atoms with van der Waals surface area (Å²) < 4.78 is 5.36. The number of nitrogens with zero attached hydrogens (tertiary/aromatic N) is 4. The first kappa shape index (κ1) is 23.9. The lowest BCUT2D eigenvalue weighted by atomic mass is 10.0. The van der Waals surface area contributed by atoms with Crippen molar-refractivity contribution < 1.29 is 9.32 Å². The van der Waals surface area contributed by atoms with Crippen molar-refractivity contribution in [3.63, 3.8) is 0 Å². The molecule has 0 radical (unpaired) electrons. The molecule has 0 saturated carbocycles. The number of fused-ring (bicyclic) bond motifs is 1. The van der Waals surface area contributed by atoms with Gasteiger partial charge in [-0.15, -0.1) is 0 Å². The lowest BCUT2D eigenvalue weighted by Crippen LogP contribution is -2.12. The Labute approximate surface area is 217 Å². The average Bonchev–Trinajstić information content (AvgIpc) is 3.21. The first-order valence-electron chi connectivity index (χ1n) is 11.2. The number of aryl methyl sites for hydroxylation is 2. The van der Waals surface area contributed by atoms with Crippen LogP contribution in [0.5, 0.6) is 0 Å². The Bertz CT molecular complexity index is 1560. The number of hydrogen-bond donors (Lipinski definition) is 1. The van der Waals surface area contributed by atoms with Crippen molar-refractivity contribution in [3.05, 3.63) is 99.4 Å². The van der Waals surface area contributed by atoms with E-state index in [-0.39, 0.29) is 18.0 Å². The molecule has 9 heteroatoms. The van der Waals surface area contributed by atoms with Gasteiger partial charge in [-0.3, -0.25) is 4.79 Å². The van der Waals surface area contributed by atoms with Gasteiger partial charge in [0.25, 0.3) is 0 Å². The van der Waals surface area contributed by atoms with Crippen LogP contribution >= 0.6 is 23.2 Å². The summed E-state index contributed by atoms with van der Waals surface area (Å²) in [6.07, 6.45) is 1.69. The van der Waals surface area contributed by atoms with Gasteiger partial charge in [-0.05, 0) is 60.9 Å². The molecule has 0 spiro atoms. The second-order valence-electron chi connectivity index (χ2n) is 8.40. The van der Waals surface area contributed by atoms with Gasteiger partial charge in [0.2, 0.25) is 5.78 Å². The maximum absolute atomic E-state index is 13.1. The normalized spacial score (nSPS) is 11.1. The summed E-state index contributed by atoms with van der Waals surface area (Å²) in [7, 11) is 0. The molecule has 3 aromatic heterocycles. The van der Waals surface area contributed by atoms with E-state index in [0.717, 1.165) is 39.1 Å². The van der Waals surface area contributed by atoms with E-state index in [4.69, 9.17) is 27.7 Å². The van der Waals surface area contributed by atoms with Crippen LogP contribution in [0.15, 0.2) is 65.3 Å². The van der Waals surface area contributed by atoms with Crippen molar-refractivity contribution in [2.24, 2.45) is 0 Å². The molecule has 5 aromatic rings. The standard InChI is InChI=1S/C27H21Cl2N5O2/c1-15-25(16(2)36-34-15)19-7-8-22-21(12-19)26(31-14-17-4-3-5-20(28)10-17)33-27(32-22)23(35)11-18-6-9-24(29)30-13-18/h3-10,12-13H,11,14H2,1-2H3,(H,31,32,33). The van der Waals surface area contributed by atoms with Crippen LogP contribution in [0.3, 0.4) is 0 Å². The van der Waals surface area contributed by atoms with E-state index in [2.05, 4.69) is 25.4 Å². The number of halogens is 2. The van der Waals surface area contributed by atoms with Crippen molar-refractivity contribution in [3.8, 4) is 11.1 Å². The second-order valence-corrected chi connectivity index (χ2v) is 9.22. The quantitative estimate of drug-likeness (QED) is 0.191. The summed E-state index contributed by atoms with van der Waals surface area (Å²) in [5.74, 6) is 1.17. The summed E-state index contributed by atoms with van der Waals surface area (Å²) in [5.41, 5.74) is 5.01. The Morgan fingerprint density at radius 3 is 2.58 bits per heavy atom. The molecule has 0 aliphatic heterocycles. The summed E-state index contributed by atoms with van der Waals surface area (Å²) in [6.45, 7) is 4.25. The maximum atomic E-state index is 13.1. The molecule has 0 aliphatic rings. The summed E-state index contributed by atoms with van der Waals surface area (Å²) in [4.78, 5) is 26.4. The first-order valence-corrected chi connectivity index (χ1v) is 12.0. The predicted molar refractivity (Wildman–Crippen MR) is 141 cm³/mol. The molecule has 2 aromatic carbocycles. The molecule has 0 saturated heterocycles. The lowest BCUT2D eigenvalue weighted by molar-refractivity contribution is 0.0983. The monoisotopic (exact) mass is 517 g/mol. The highest BCUT2D eigenvalue weighted by Crippen LogP contribution is 2.32. The van der Waals surface area contributed by atoms with Crippen LogP contribution in [0.1, 0.15) is 33.2 Å². The predicted octanol–water partition coefficient (Wildman–Crippen LogP) is 6.64. The van der Waals surface area contributed by atoms with Crippen LogP contribution in [-0.2, 0) is 13.0 Å². The van der Waals surface area contributed by atoms with E-state index in [1.165, 1.54) is 0 Å². The number of carbonyl (C=O) groups is 1. The molecule has 0 bridgehead atoms. The highest BCUT2D eigenvalue weighted by atomic mass is 35.5. The molecule has 5 rings (SSSR count). The largest absolute Gasteiger partial charge is 0.365 e. The fourth-order valence-electron chi connectivity index (χ4n) is 4.05. The molecule has 1 N–H and O–H groups in total. The van der Waals surface area contributed by atoms with Gasteiger partial charge in [0.15, 0.2) is 5.82 Å². The molecular formula is C27H21Cl2N5O2. The van der Waals surface area contributed by atoms with Gasteiger partial charge in [0.1, 0.15) is 16.7 Å². The van der Waals surface area contributed by atoms with Gasteiger partial charge in [0, 0.05) is 35.1 Å². The van der Waals surface area contributed by atoms with Gasteiger partial charge >= 0.3 is 0 Å². The molecule has 0 unspecified atom stereocenters. The topological polar surface area (TPSA) is 93.8 Å². The van der Waals surface area contributed by atoms with Crippen LogP contribution in [0.25, 0.3) is 22.0 Å². The molecular weight excluding hydrogens is 497 g/mol. The van der Waals surface area contributed by atoms with Gasteiger partial charge in [0.05, 0.1) is 11.2 Å². The average molecular weight is 518 g/mol. The number of benzene rings is 2. The van der Waals surface area contributed by atoms with Crippen molar-refractivity contribution in [2.75, 3.05) is 5.32 Å². The smallest absolute Gasteiger partial charge is 0.204 e. The van der Waals surface area contributed by atoms with Gasteiger partial charge in [-0.25, -0.2) is 15.0 Å². The molecule has 3 heterocycles. The van der Waals surface area contributed by atoms with Gasteiger partial charge in [-0.1, -0.05) is 52.6 Å². The van der Waals surface area contributed by atoms with E-state index in [0.29, 0.717) is 28.1 Å². The Morgan fingerprint density at radius 1 is 1.00 bits per heavy atom. The number of aromatic nitrogens is 4. The summed E-state index contributed by atoms with van der Waals surface area (Å²) >= 11 is 12.0. The number of ketones is 1. The highest BCUT2D eigenvalue weighted by Gasteiger charge is 2.18. The van der Waals surface area contributed by atoms with E-state index in [1.807, 2.05) is 56.3 Å². The third-order valence-corrected chi connectivity index (χ3v) is 6.23. The zero-order chi connectivity index (χ0) is 25.2. The number of hydrogen-bond acceptors (Lipinski definition) is 7. The van der Waals surface area contributed by atoms with Crippen molar-refractivity contribution >= 4 is 45.7 Å². The maximum Gasteiger partial charge on any atom is 0.204 e. The molecule has 0 aliphatic carbocycles. The Morgan fingerprint density at radius 2 is 1.86 bits per heavy atom. The van der Waals surface area contributed by atoms with Crippen LogP contribution < -0.4 is 5.32 Å². The molecule has 36 heavy (non-hydrogen) atoms. The summed E-state index contributed by atoms with van der Waals surface area (Å²) in [6, 6.07) is 16.8. The highest BCUT2D eigenvalue weighted by molar-refractivity contribution is 6.30. The van der Waals surface area contributed by atoms with Crippen LogP contribution in [-0.4, -0.2) is 25.9 Å². The third kappa shape index (κ3) is 5.08. The van der Waals surface area contributed by atoms with E-state index >= 15 is 0 Å². The number of carbonyl (C=O) groups excluding carboxylic acids is 1. The molecule has 180 valence electrons. The van der Waals surface area contributed by atoms with Crippen molar-refractivity contribution in [1.82, 2.24) is 20.1 Å². The van der Waals surface area contributed by atoms with E-state index in [9.17, 15) is 4.79 Å². The lowest BCUT2D eigenvalue weighted by Gasteiger charge is -2.12. The summed E-state index contributed by atoms with van der Waals surface area (Å²) in [5, 5.41) is 9.23.